The van der Waals surface area contributed by atoms with E-state index in [9.17, 15) is 0 Å². The van der Waals surface area contributed by atoms with E-state index in [4.69, 9.17) is 27.5 Å². The minimum atomic E-state index is 0.0654. The Labute approximate surface area is 158 Å². The SMILES string of the molecule is CC(C)Oc1ccccc1C=C(Cl)c1ccc2cc(C(=N)N)ccc2c1. The highest BCUT2D eigenvalue weighted by atomic mass is 35.5. The minimum absolute atomic E-state index is 0.0654. The van der Waals surface area contributed by atoms with Crippen LogP contribution in [0.15, 0.2) is 60.7 Å². The second kappa shape index (κ2) is 7.63. The summed E-state index contributed by atoms with van der Waals surface area (Å²) in [7, 11) is 0. The van der Waals surface area contributed by atoms with Crippen LogP contribution in [-0.2, 0) is 0 Å². The van der Waals surface area contributed by atoms with Crippen molar-refractivity contribution in [3.8, 4) is 5.75 Å². The Hall–Kier alpha value is -2.78. The molecular weight excluding hydrogens is 344 g/mol. The van der Waals surface area contributed by atoms with Crippen LogP contribution in [-0.4, -0.2) is 11.9 Å². The number of fused-ring (bicyclic) bond motifs is 1. The summed E-state index contributed by atoms with van der Waals surface area (Å²) >= 11 is 6.58. The number of amidine groups is 1. The molecule has 0 aliphatic heterocycles. The van der Waals surface area contributed by atoms with Crippen LogP contribution >= 0.6 is 11.6 Å². The first-order valence-electron chi connectivity index (χ1n) is 8.45. The third-order valence-electron chi connectivity index (χ3n) is 3.99. The Bertz CT molecular complexity index is 992. The Morgan fingerprint density at radius 2 is 1.62 bits per heavy atom. The van der Waals surface area contributed by atoms with Gasteiger partial charge in [-0.05, 0) is 54.5 Å². The number of ether oxygens (including phenoxy) is 1. The normalized spacial score (nSPS) is 11.8. The predicted octanol–water partition coefficient (Wildman–Crippen LogP) is 5.65. The second-order valence-electron chi connectivity index (χ2n) is 6.39. The topological polar surface area (TPSA) is 59.1 Å². The molecule has 0 fully saturated rings. The quantitative estimate of drug-likeness (QED) is 0.349. The first kappa shape index (κ1) is 18.0. The van der Waals surface area contributed by atoms with Crippen molar-refractivity contribution in [2.45, 2.75) is 20.0 Å². The van der Waals surface area contributed by atoms with Crippen molar-refractivity contribution >= 4 is 39.3 Å². The van der Waals surface area contributed by atoms with Gasteiger partial charge in [-0.3, -0.25) is 5.41 Å². The third kappa shape index (κ3) is 4.06. The highest BCUT2D eigenvalue weighted by molar-refractivity contribution is 6.51. The van der Waals surface area contributed by atoms with Gasteiger partial charge in [-0.1, -0.05) is 54.1 Å². The lowest BCUT2D eigenvalue weighted by molar-refractivity contribution is 0.242. The molecule has 0 saturated heterocycles. The van der Waals surface area contributed by atoms with Crippen LogP contribution in [0.25, 0.3) is 21.9 Å². The van der Waals surface area contributed by atoms with Gasteiger partial charge < -0.3 is 10.5 Å². The molecule has 0 radical (unpaired) electrons. The number of hydrogen-bond donors (Lipinski definition) is 2. The van der Waals surface area contributed by atoms with Crippen LogP contribution in [0, 0.1) is 5.41 Å². The zero-order chi connectivity index (χ0) is 18.7. The monoisotopic (exact) mass is 364 g/mol. The van der Waals surface area contributed by atoms with Crippen LogP contribution < -0.4 is 10.5 Å². The fourth-order valence-electron chi connectivity index (χ4n) is 2.74. The molecule has 3 rings (SSSR count). The van der Waals surface area contributed by atoms with Gasteiger partial charge in [-0.15, -0.1) is 0 Å². The molecule has 0 atom stereocenters. The molecular formula is C22H21ClN2O. The zero-order valence-corrected chi connectivity index (χ0v) is 15.5. The van der Waals surface area contributed by atoms with Crippen molar-refractivity contribution in [1.82, 2.24) is 0 Å². The standard InChI is InChI=1S/C22H21ClN2O/c1-14(2)26-21-6-4-3-5-18(21)13-20(23)17-9-7-16-12-19(22(24)25)10-8-15(16)11-17/h3-14H,1-2H3,(H3,24,25). The fraction of sp³-hybridized carbons (Fsp3) is 0.136. The third-order valence-corrected chi connectivity index (χ3v) is 4.32. The number of benzene rings is 3. The summed E-state index contributed by atoms with van der Waals surface area (Å²) in [5, 5.41) is 10.3. The number of nitrogens with two attached hydrogens (primary N) is 1. The summed E-state index contributed by atoms with van der Waals surface area (Å²) in [5.74, 6) is 0.878. The first-order chi connectivity index (χ1) is 12.4. The number of nitrogen functional groups attached to an aromatic ring is 1. The van der Waals surface area contributed by atoms with Crippen LogP contribution in [0.5, 0.6) is 5.75 Å². The van der Waals surface area contributed by atoms with Crippen LogP contribution in [0.2, 0.25) is 0 Å². The maximum absolute atomic E-state index is 7.55. The highest BCUT2D eigenvalue weighted by Gasteiger charge is 2.07. The zero-order valence-electron chi connectivity index (χ0n) is 14.8. The van der Waals surface area contributed by atoms with Gasteiger partial charge >= 0.3 is 0 Å². The van der Waals surface area contributed by atoms with E-state index in [-0.39, 0.29) is 11.9 Å². The largest absolute Gasteiger partial charge is 0.490 e. The molecule has 132 valence electrons. The maximum Gasteiger partial charge on any atom is 0.126 e. The highest BCUT2D eigenvalue weighted by Crippen LogP contribution is 2.29. The molecule has 3 aromatic rings. The molecule has 0 heterocycles. The fourth-order valence-corrected chi connectivity index (χ4v) is 2.98. The van der Waals surface area contributed by atoms with Gasteiger partial charge in [-0.25, -0.2) is 0 Å². The van der Waals surface area contributed by atoms with Crippen molar-refractivity contribution in [2.24, 2.45) is 5.73 Å². The van der Waals surface area contributed by atoms with E-state index in [1.165, 1.54) is 0 Å². The van der Waals surface area contributed by atoms with Gasteiger partial charge in [0.25, 0.3) is 0 Å². The lowest BCUT2D eigenvalue weighted by atomic mass is 10.0. The van der Waals surface area contributed by atoms with Gasteiger partial charge in [-0.2, -0.15) is 0 Å². The lowest BCUT2D eigenvalue weighted by Gasteiger charge is -2.12. The van der Waals surface area contributed by atoms with Crippen LogP contribution in [0.3, 0.4) is 0 Å². The molecule has 0 amide bonds. The van der Waals surface area contributed by atoms with Gasteiger partial charge in [0.15, 0.2) is 0 Å². The van der Waals surface area contributed by atoms with Gasteiger partial charge in [0.05, 0.1) is 6.10 Å². The summed E-state index contributed by atoms with van der Waals surface area (Å²) < 4.78 is 5.85. The Morgan fingerprint density at radius 3 is 2.27 bits per heavy atom. The van der Waals surface area contributed by atoms with Crippen molar-refractivity contribution in [2.75, 3.05) is 0 Å². The molecule has 0 spiro atoms. The van der Waals surface area contributed by atoms with E-state index in [2.05, 4.69) is 0 Å². The molecule has 0 aromatic heterocycles. The molecule has 0 aliphatic rings. The molecule has 3 aromatic carbocycles. The first-order valence-corrected chi connectivity index (χ1v) is 8.83. The van der Waals surface area contributed by atoms with Crippen LogP contribution in [0.4, 0.5) is 0 Å². The number of rotatable bonds is 5. The predicted molar refractivity (Wildman–Crippen MR) is 111 cm³/mol. The number of hydrogen-bond acceptors (Lipinski definition) is 2. The second-order valence-corrected chi connectivity index (χ2v) is 6.79. The van der Waals surface area contributed by atoms with E-state index in [1.807, 2.05) is 80.6 Å². The number of nitrogens with one attached hydrogen (secondary N) is 1. The molecule has 3 nitrogen and oxygen atoms in total. The Morgan fingerprint density at radius 1 is 1.00 bits per heavy atom. The lowest BCUT2D eigenvalue weighted by Crippen LogP contribution is -2.10. The molecule has 0 saturated carbocycles. The summed E-state index contributed by atoms with van der Waals surface area (Å²) in [5.41, 5.74) is 8.14. The average molecular weight is 365 g/mol. The van der Waals surface area contributed by atoms with E-state index < -0.39 is 0 Å². The molecule has 3 N–H and O–H groups in total. The Kier molecular flexibility index (Phi) is 5.29. The molecule has 0 unspecified atom stereocenters. The van der Waals surface area contributed by atoms with E-state index in [0.29, 0.717) is 10.6 Å². The Balaban J connectivity index is 1.97. The van der Waals surface area contributed by atoms with Crippen molar-refractivity contribution in [1.29, 1.82) is 5.41 Å². The smallest absolute Gasteiger partial charge is 0.126 e. The van der Waals surface area contributed by atoms with Gasteiger partial charge in [0.2, 0.25) is 0 Å². The average Bonchev–Trinajstić information content (AvgIpc) is 2.62. The molecule has 26 heavy (non-hydrogen) atoms. The molecule has 4 heteroatoms. The van der Waals surface area contributed by atoms with E-state index >= 15 is 0 Å². The minimum Gasteiger partial charge on any atom is -0.490 e. The van der Waals surface area contributed by atoms with E-state index in [1.54, 1.807) is 0 Å². The summed E-state index contributed by atoms with van der Waals surface area (Å²) in [6.45, 7) is 4.00. The summed E-state index contributed by atoms with van der Waals surface area (Å²) in [6.07, 6.45) is 2.02. The van der Waals surface area contributed by atoms with Crippen LogP contribution in [0.1, 0.15) is 30.5 Å². The molecule has 0 bridgehead atoms. The van der Waals surface area contributed by atoms with E-state index in [0.717, 1.165) is 27.6 Å². The van der Waals surface area contributed by atoms with Gasteiger partial charge in [0, 0.05) is 16.2 Å². The van der Waals surface area contributed by atoms with Crippen molar-refractivity contribution < 1.29 is 4.74 Å². The molecule has 0 aliphatic carbocycles. The number of para-hydroxylation sites is 1. The van der Waals surface area contributed by atoms with Crippen molar-refractivity contribution in [3.63, 3.8) is 0 Å². The van der Waals surface area contributed by atoms with Crippen molar-refractivity contribution in [3.05, 3.63) is 77.4 Å². The number of halogens is 1. The summed E-state index contributed by atoms with van der Waals surface area (Å²) in [4.78, 5) is 0. The summed E-state index contributed by atoms with van der Waals surface area (Å²) in [6, 6.07) is 19.5. The maximum atomic E-state index is 7.55. The van der Waals surface area contributed by atoms with Gasteiger partial charge in [0.1, 0.15) is 11.6 Å².